The lowest BCUT2D eigenvalue weighted by molar-refractivity contribution is 0.645. The normalized spacial score (nSPS) is 34.1. The van der Waals surface area contributed by atoms with Crippen LogP contribution in [0.5, 0.6) is 0 Å². The van der Waals surface area contributed by atoms with E-state index in [1.54, 1.807) is 0 Å². The molecule has 0 aromatic heterocycles. The topological polar surface area (TPSA) is 50.4 Å². The summed E-state index contributed by atoms with van der Waals surface area (Å²) in [6.45, 7) is 6.70. The van der Waals surface area contributed by atoms with E-state index >= 15 is 0 Å². The molecule has 3 nitrogen and oxygen atoms in total. The molecule has 1 rings (SSSR count). The molecule has 15 heavy (non-hydrogen) atoms. The average Bonchev–Trinajstić information content (AvgIpc) is 2.18. The number of thiocarbonyl (C=S) groups is 1. The van der Waals surface area contributed by atoms with E-state index in [9.17, 15) is 0 Å². The van der Waals surface area contributed by atoms with Gasteiger partial charge in [-0.3, -0.25) is 5.43 Å². The Morgan fingerprint density at radius 2 is 2.33 bits per heavy atom. The number of thioether (sulfide) groups is 1. The van der Waals surface area contributed by atoms with Crippen molar-refractivity contribution in [2.24, 2.45) is 16.8 Å². The summed E-state index contributed by atoms with van der Waals surface area (Å²) < 4.78 is 0. The van der Waals surface area contributed by atoms with Crippen molar-refractivity contribution in [1.29, 1.82) is 0 Å². The Labute approximate surface area is 101 Å². The molecule has 0 spiro atoms. The summed E-state index contributed by atoms with van der Waals surface area (Å²) in [4.78, 5) is 0. The number of nitrogens with zero attached hydrogens (tertiary/aromatic N) is 1. The van der Waals surface area contributed by atoms with E-state index in [4.69, 9.17) is 18.0 Å². The SMILES string of the molecule is CC[C@H]1S[C@@H](C)CC(=NNC(N)=S)[C@@H]1C. The molecule has 0 amide bonds. The van der Waals surface area contributed by atoms with E-state index in [0.29, 0.717) is 16.4 Å². The fourth-order valence-electron chi connectivity index (χ4n) is 1.88. The molecule has 1 aliphatic rings. The van der Waals surface area contributed by atoms with Crippen LogP contribution in [-0.2, 0) is 0 Å². The second kappa shape index (κ2) is 5.70. The van der Waals surface area contributed by atoms with Gasteiger partial charge in [0.15, 0.2) is 5.11 Å². The fourth-order valence-corrected chi connectivity index (χ4v) is 3.38. The highest BCUT2D eigenvalue weighted by Crippen LogP contribution is 2.35. The molecule has 3 N–H and O–H groups in total. The molecule has 1 fully saturated rings. The standard InChI is InChI=1S/C10H19N3S2/c1-4-9-7(3)8(5-6(2)15-9)12-13-10(11)14/h6-7,9H,4-5H2,1-3H3,(H3,11,13,14)/t6-,7-,9+/m0/s1. The minimum Gasteiger partial charge on any atom is -0.375 e. The Bertz CT molecular complexity index is 265. The van der Waals surface area contributed by atoms with E-state index in [-0.39, 0.29) is 5.11 Å². The Hall–Kier alpha value is -0.290. The maximum absolute atomic E-state index is 5.36. The van der Waals surface area contributed by atoms with E-state index in [1.807, 2.05) is 0 Å². The van der Waals surface area contributed by atoms with Gasteiger partial charge in [-0.15, -0.1) is 0 Å². The van der Waals surface area contributed by atoms with Crippen LogP contribution in [0.4, 0.5) is 0 Å². The lowest BCUT2D eigenvalue weighted by Gasteiger charge is -2.32. The second-order valence-corrected chi connectivity index (χ2v) is 6.09. The Morgan fingerprint density at radius 1 is 1.67 bits per heavy atom. The van der Waals surface area contributed by atoms with Gasteiger partial charge in [-0.25, -0.2) is 0 Å². The van der Waals surface area contributed by atoms with E-state index in [1.165, 1.54) is 12.1 Å². The van der Waals surface area contributed by atoms with Crippen LogP contribution in [-0.4, -0.2) is 21.3 Å². The highest BCUT2D eigenvalue weighted by atomic mass is 32.2. The molecule has 86 valence electrons. The quantitative estimate of drug-likeness (QED) is 0.578. The third-order valence-electron chi connectivity index (χ3n) is 2.70. The van der Waals surface area contributed by atoms with Crippen molar-refractivity contribution in [2.45, 2.75) is 44.1 Å². The van der Waals surface area contributed by atoms with Gasteiger partial charge in [-0.05, 0) is 25.1 Å². The maximum Gasteiger partial charge on any atom is 0.184 e. The van der Waals surface area contributed by atoms with Crippen LogP contribution >= 0.6 is 24.0 Å². The molecule has 0 bridgehead atoms. The number of nitrogens with two attached hydrogens (primary N) is 1. The molecule has 5 heteroatoms. The first-order valence-corrected chi connectivity index (χ1v) is 6.67. The van der Waals surface area contributed by atoms with Gasteiger partial charge in [0.05, 0.1) is 0 Å². The summed E-state index contributed by atoms with van der Waals surface area (Å²) in [7, 11) is 0. The smallest absolute Gasteiger partial charge is 0.184 e. The first-order valence-electron chi connectivity index (χ1n) is 5.32. The summed E-state index contributed by atoms with van der Waals surface area (Å²) in [5, 5.41) is 5.85. The maximum atomic E-state index is 5.36. The predicted molar refractivity (Wildman–Crippen MR) is 72.3 cm³/mol. The zero-order chi connectivity index (χ0) is 11.4. The Kier molecular flexibility index (Phi) is 4.86. The number of hydrogen-bond acceptors (Lipinski definition) is 3. The molecule has 0 unspecified atom stereocenters. The van der Waals surface area contributed by atoms with Crippen LogP contribution in [0.1, 0.15) is 33.6 Å². The number of rotatable bonds is 2. The molecule has 1 saturated heterocycles. The third kappa shape index (κ3) is 3.65. The summed E-state index contributed by atoms with van der Waals surface area (Å²) in [6, 6.07) is 0. The molecular formula is C10H19N3S2. The first-order chi connectivity index (χ1) is 7.04. The minimum atomic E-state index is 0.244. The lowest BCUT2D eigenvalue weighted by atomic mass is 9.95. The van der Waals surface area contributed by atoms with Crippen LogP contribution in [0, 0.1) is 5.92 Å². The van der Waals surface area contributed by atoms with Crippen molar-refractivity contribution in [3.05, 3.63) is 0 Å². The van der Waals surface area contributed by atoms with Crippen LogP contribution < -0.4 is 11.2 Å². The summed E-state index contributed by atoms with van der Waals surface area (Å²) in [5.74, 6) is 0.512. The van der Waals surface area contributed by atoms with Gasteiger partial charge >= 0.3 is 0 Å². The zero-order valence-corrected chi connectivity index (χ0v) is 11.1. The Balaban J connectivity index is 2.69. The van der Waals surface area contributed by atoms with E-state index in [2.05, 4.69) is 43.1 Å². The molecule has 1 heterocycles. The van der Waals surface area contributed by atoms with Crippen molar-refractivity contribution in [1.82, 2.24) is 5.43 Å². The van der Waals surface area contributed by atoms with Gasteiger partial charge in [-0.1, -0.05) is 20.8 Å². The predicted octanol–water partition coefficient (Wildman–Crippen LogP) is 2.12. The molecule has 0 aliphatic carbocycles. The largest absolute Gasteiger partial charge is 0.375 e. The van der Waals surface area contributed by atoms with Crippen LogP contribution in [0.15, 0.2) is 5.10 Å². The van der Waals surface area contributed by atoms with Crippen molar-refractivity contribution >= 4 is 34.8 Å². The Morgan fingerprint density at radius 3 is 2.87 bits per heavy atom. The molecule has 1 aliphatic heterocycles. The van der Waals surface area contributed by atoms with Crippen LogP contribution in [0.3, 0.4) is 0 Å². The van der Waals surface area contributed by atoms with Gasteiger partial charge in [-0.2, -0.15) is 16.9 Å². The number of hydrogen-bond donors (Lipinski definition) is 2. The number of hydrazone groups is 1. The highest BCUT2D eigenvalue weighted by Gasteiger charge is 2.29. The van der Waals surface area contributed by atoms with Crippen LogP contribution in [0.2, 0.25) is 0 Å². The molecule has 0 radical (unpaired) electrons. The summed E-state index contributed by atoms with van der Waals surface area (Å²) in [5.41, 5.74) is 9.26. The molecule has 3 atom stereocenters. The summed E-state index contributed by atoms with van der Waals surface area (Å²) in [6.07, 6.45) is 2.21. The van der Waals surface area contributed by atoms with Crippen molar-refractivity contribution < 1.29 is 0 Å². The van der Waals surface area contributed by atoms with Crippen molar-refractivity contribution in [2.75, 3.05) is 0 Å². The first kappa shape index (κ1) is 12.8. The van der Waals surface area contributed by atoms with Gasteiger partial charge in [0.1, 0.15) is 0 Å². The van der Waals surface area contributed by atoms with Crippen LogP contribution in [0.25, 0.3) is 0 Å². The monoisotopic (exact) mass is 245 g/mol. The van der Waals surface area contributed by atoms with Gasteiger partial charge in [0.2, 0.25) is 0 Å². The zero-order valence-electron chi connectivity index (χ0n) is 9.49. The lowest BCUT2D eigenvalue weighted by Crippen LogP contribution is -2.35. The highest BCUT2D eigenvalue weighted by molar-refractivity contribution is 8.00. The number of nitrogens with one attached hydrogen (secondary N) is 1. The third-order valence-corrected chi connectivity index (χ3v) is 4.51. The van der Waals surface area contributed by atoms with Gasteiger partial charge in [0, 0.05) is 22.1 Å². The van der Waals surface area contributed by atoms with Crippen molar-refractivity contribution in [3.63, 3.8) is 0 Å². The van der Waals surface area contributed by atoms with E-state index in [0.717, 1.165) is 6.42 Å². The van der Waals surface area contributed by atoms with Crippen molar-refractivity contribution in [3.8, 4) is 0 Å². The minimum absolute atomic E-state index is 0.244. The van der Waals surface area contributed by atoms with Gasteiger partial charge in [0.25, 0.3) is 0 Å². The average molecular weight is 245 g/mol. The van der Waals surface area contributed by atoms with Gasteiger partial charge < -0.3 is 5.73 Å². The molecular weight excluding hydrogens is 226 g/mol. The molecule has 0 aromatic rings. The second-order valence-electron chi connectivity index (χ2n) is 3.97. The molecule has 0 saturated carbocycles. The fraction of sp³-hybridized carbons (Fsp3) is 0.800. The molecule has 0 aromatic carbocycles. The summed E-state index contributed by atoms with van der Waals surface area (Å²) >= 11 is 6.80. The van der Waals surface area contributed by atoms with E-state index < -0.39 is 0 Å².